The van der Waals surface area contributed by atoms with E-state index >= 15 is 0 Å². The van der Waals surface area contributed by atoms with Crippen molar-refractivity contribution in [2.24, 2.45) is 5.92 Å². The van der Waals surface area contributed by atoms with Crippen molar-refractivity contribution in [2.45, 2.75) is 46.2 Å². The number of hydrogen-bond acceptors (Lipinski definition) is 4. The number of nitrogens with zero attached hydrogens (tertiary/aromatic N) is 4. The molecule has 1 N–H and O–H groups in total. The molecule has 1 aromatic heterocycles. The average Bonchev–Trinajstić information content (AvgIpc) is 3.15. The zero-order valence-electron chi connectivity index (χ0n) is 12.7. The van der Waals surface area contributed by atoms with Gasteiger partial charge in [0, 0.05) is 19.6 Å². The van der Waals surface area contributed by atoms with Gasteiger partial charge in [-0.1, -0.05) is 5.21 Å². The molecule has 0 bridgehead atoms. The lowest BCUT2D eigenvalue weighted by Gasteiger charge is -2.22. The van der Waals surface area contributed by atoms with E-state index in [4.69, 9.17) is 0 Å². The molecule has 1 unspecified atom stereocenters. The highest BCUT2D eigenvalue weighted by Crippen LogP contribution is 2.27. The maximum Gasteiger partial charge on any atom is 0.247 e. The quantitative estimate of drug-likeness (QED) is 0.777. The molecule has 20 heavy (non-hydrogen) atoms. The van der Waals surface area contributed by atoms with Crippen LogP contribution in [0, 0.1) is 5.92 Å². The van der Waals surface area contributed by atoms with E-state index in [2.05, 4.69) is 15.6 Å². The number of nitrogens with one attached hydrogen (secondary N) is 1. The van der Waals surface area contributed by atoms with Gasteiger partial charge in [-0.2, -0.15) is 0 Å². The first-order valence-corrected chi connectivity index (χ1v) is 7.55. The lowest BCUT2D eigenvalue weighted by molar-refractivity contribution is -0.134. The van der Waals surface area contributed by atoms with E-state index < -0.39 is 0 Å². The topological polar surface area (TPSA) is 63.1 Å². The number of amides is 1. The minimum Gasteiger partial charge on any atom is -0.341 e. The van der Waals surface area contributed by atoms with E-state index in [0.717, 1.165) is 37.8 Å². The summed E-state index contributed by atoms with van der Waals surface area (Å²) in [5, 5.41) is 11.6. The third-order valence-electron chi connectivity index (χ3n) is 3.82. The Labute approximate surface area is 120 Å². The van der Waals surface area contributed by atoms with Crippen molar-refractivity contribution in [3.63, 3.8) is 0 Å². The lowest BCUT2D eigenvalue weighted by atomic mass is 10.3. The summed E-state index contributed by atoms with van der Waals surface area (Å²) in [7, 11) is 0. The molecule has 6 nitrogen and oxygen atoms in total. The highest BCUT2D eigenvalue weighted by Gasteiger charge is 2.22. The molecule has 0 aromatic carbocycles. The Balaban J connectivity index is 1.87. The third-order valence-corrected chi connectivity index (χ3v) is 3.82. The Hall–Kier alpha value is -1.43. The largest absolute Gasteiger partial charge is 0.341 e. The van der Waals surface area contributed by atoms with Gasteiger partial charge in [-0.15, -0.1) is 5.10 Å². The molecule has 1 fully saturated rings. The lowest BCUT2D eigenvalue weighted by Crippen LogP contribution is -2.36. The molecular weight excluding hydrogens is 254 g/mol. The van der Waals surface area contributed by atoms with Crippen LogP contribution in [0.3, 0.4) is 0 Å². The van der Waals surface area contributed by atoms with Gasteiger partial charge in [0.25, 0.3) is 0 Å². The second-order valence-corrected chi connectivity index (χ2v) is 5.45. The molecule has 6 heteroatoms. The maximum atomic E-state index is 12.2. The molecule has 112 valence electrons. The van der Waals surface area contributed by atoms with Gasteiger partial charge in [-0.3, -0.25) is 4.79 Å². The van der Waals surface area contributed by atoms with Gasteiger partial charge >= 0.3 is 0 Å². The molecular formula is C14H25N5O. The summed E-state index contributed by atoms with van der Waals surface area (Å²) in [4.78, 5) is 14.1. The first-order chi connectivity index (χ1) is 9.65. The van der Waals surface area contributed by atoms with Crippen LogP contribution in [0.2, 0.25) is 0 Å². The molecule has 1 heterocycles. The minimum atomic E-state index is -0.292. The molecule has 0 aliphatic heterocycles. The van der Waals surface area contributed by atoms with Crippen LogP contribution in [0.25, 0.3) is 0 Å². The van der Waals surface area contributed by atoms with Gasteiger partial charge in [0.05, 0.1) is 11.9 Å². The van der Waals surface area contributed by atoms with Crippen LogP contribution in [-0.4, -0.2) is 45.4 Å². The van der Waals surface area contributed by atoms with E-state index in [1.165, 1.54) is 12.8 Å². The van der Waals surface area contributed by atoms with Crippen LogP contribution in [0.1, 0.15) is 45.3 Å². The summed E-state index contributed by atoms with van der Waals surface area (Å²) in [5.41, 5.74) is 0.893. The van der Waals surface area contributed by atoms with Crippen LogP contribution < -0.4 is 5.32 Å². The molecule has 2 rings (SSSR count). The highest BCUT2D eigenvalue weighted by molar-refractivity contribution is 5.79. The number of hydrogen-bond donors (Lipinski definition) is 1. The van der Waals surface area contributed by atoms with Crippen LogP contribution in [0.15, 0.2) is 6.20 Å². The molecule has 1 aliphatic carbocycles. The Morgan fingerprint density at radius 1 is 1.50 bits per heavy atom. The van der Waals surface area contributed by atoms with Gasteiger partial charge in [-0.25, -0.2) is 4.68 Å². The Bertz CT molecular complexity index is 437. The van der Waals surface area contributed by atoms with Crippen LogP contribution in [0.5, 0.6) is 0 Å². The number of carbonyl (C=O) groups excluding carboxylic acids is 1. The number of rotatable bonds is 8. The summed E-state index contributed by atoms with van der Waals surface area (Å²) < 4.78 is 1.66. The Morgan fingerprint density at radius 3 is 2.80 bits per heavy atom. The normalized spacial score (nSPS) is 16.1. The summed E-state index contributed by atoms with van der Waals surface area (Å²) in [6, 6.07) is -0.292. The zero-order valence-corrected chi connectivity index (χ0v) is 12.7. The molecule has 0 radical (unpaired) electrons. The third kappa shape index (κ3) is 3.79. The van der Waals surface area contributed by atoms with Crippen LogP contribution >= 0.6 is 0 Å². The van der Waals surface area contributed by atoms with E-state index in [1.54, 1.807) is 4.68 Å². The van der Waals surface area contributed by atoms with Crippen LogP contribution in [0.4, 0.5) is 0 Å². The van der Waals surface area contributed by atoms with Crippen molar-refractivity contribution >= 4 is 5.91 Å². The summed E-state index contributed by atoms with van der Waals surface area (Å²) in [6.07, 6.45) is 4.55. The highest BCUT2D eigenvalue weighted by atomic mass is 16.2. The van der Waals surface area contributed by atoms with Gasteiger partial charge < -0.3 is 10.2 Å². The molecule has 0 saturated heterocycles. The van der Waals surface area contributed by atoms with E-state index in [-0.39, 0.29) is 11.9 Å². The molecule has 1 saturated carbocycles. The first-order valence-electron chi connectivity index (χ1n) is 7.55. The average molecular weight is 279 g/mol. The van der Waals surface area contributed by atoms with Crippen molar-refractivity contribution in [3.8, 4) is 0 Å². The standard InChI is InChI=1S/C14H25N5O/c1-4-18(5-2)14(20)11(3)19-10-13(16-17-19)9-15-8-12-6-7-12/h10-12,15H,4-9H2,1-3H3. The summed E-state index contributed by atoms with van der Waals surface area (Å²) in [5.74, 6) is 0.950. The molecule has 0 spiro atoms. The molecule has 1 aromatic rings. The second kappa shape index (κ2) is 6.83. The van der Waals surface area contributed by atoms with Gasteiger partial charge in [-0.05, 0) is 46.1 Å². The Kier molecular flexibility index (Phi) is 5.11. The number of likely N-dealkylation sites (N-methyl/N-ethyl adjacent to an activating group) is 1. The van der Waals surface area contributed by atoms with Crippen molar-refractivity contribution < 1.29 is 4.79 Å². The van der Waals surface area contributed by atoms with Crippen molar-refractivity contribution in [2.75, 3.05) is 19.6 Å². The smallest absolute Gasteiger partial charge is 0.247 e. The monoisotopic (exact) mass is 279 g/mol. The number of aromatic nitrogens is 3. The second-order valence-electron chi connectivity index (χ2n) is 5.45. The fraction of sp³-hybridized carbons (Fsp3) is 0.786. The first kappa shape index (κ1) is 15.0. The predicted octanol–water partition coefficient (Wildman–Crippen LogP) is 1.21. The summed E-state index contributed by atoms with van der Waals surface area (Å²) >= 11 is 0. The summed E-state index contributed by atoms with van der Waals surface area (Å²) in [6.45, 7) is 9.08. The fourth-order valence-electron chi connectivity index (χ4n) is 2.22. The Morgan fingerprint density at radius 2 is 2.20 bits per heavy atom. The minimum absolute atomic E-state index is 0.0948. The van der Waals surface area contributed by atoms with Crippen molar-refractivity contribution in [1.82, 2.24) is 25.2 Å². The zero-order chi connectivity index (χ0) is 14.5. The fourth-order valence-corrected chi connectivity index (χ4v) is 2.22. The van der Waals surface area contributed by atoms with Gasteiger partial charge in [0.2, 0.25) is 5.91 Å². The van der Waals surface area contributed by atoms with E-state index in [0.29, 0.717) is 0 Å². The molecule has 1 atom stereocenters. The molecule has 1 aliphatic rings. The van der Waals surface area contributed by atoms with Gasteiger partial charge in [0.15, 0.2) is 0 Å². The molecule has 1 amide bonds. The van der Waals surface area contributed by atoms with Gasteiger partial charge in [0.1, 0.15) is 6.04 Å². The van der Waals surface area contributed by atoms with Crippen molar-refractivity contribution in [3.05, 3.63) is 11.9 Å². The van der Waals surface area contributed by atoms with E-state index in [1.807, 2.05) is 31.9 Å². The maximum absolute atomic E-state index is 12.2. The van der Waals surface area contributed by atoms with E-state index in [9.17, 15) is 4.79 Å². The SMILES string of the molecule is CCN(CC)C(=O)C(C)n1cc(CNCC2CC2)nn1. The number of carbonyl (C=O) groups is 1. The predicted molar refractivity (Wildman–Crippen MR) is 77.1 cm³/mol. The van der Waals surface area contributed by atoms with Crippen molar-refractivity contribution in [1.29, 1.82) is 0 Å². The van der Waals surface area contributed by atoms with Crippen LogP contribution in [-0.2, 0) is 11.3 Å².